The summed E-state index contributed by atoms with van der Waals surface area (Å²) < 4.78 is 5.36. The molecule has 1 aromatic heterocycles. The van der Waals surface area contributed by atoms with Crippen LogP contribution in [-0.2, 0) is 4.74 Å². The first-order valence-electron chi connectivity index (χ1n) is 10.0. The maximum atomic E-state index is 12.7. The van der Waals surface area contributed by atoms with E-state index in [4.69, 9.17) is 4.74 Å². The summed E-state index contributed by atoms with van der Waals surface area (Å²) in [5.74, 6) is 1.01. The quantitative estimate of drug-likeness (QED) is 0.656. The Morgan fingerprint density at radius 3 is 2.62 bits per heavy atom. The van der Waals surface area contributed by atoms with E-state index in [1.54, 1.807) is 6.07 Å². The number of carbonyl (C=O) groups excluding carboxylic acids is 1. The number of amides is 1. The fourth-order valence-electron chi connectivity index (χ4n) is 3.02. The fraction of sp³-hybridized carbons (Fsp3) is 0.476. The molecule has 2 aromatic rings. The second-order valence-electron chi connectivity index (χ2n) is 7.27. The van der Waals surface area contributed by atoms with Crippen LogP contribution in [0.3, 0.4) is 0 Å². The Kier molecular flexibility index (Phi) is 7.92. The zero-order chi connectivity index (χ0) is 20.5. The molecule has 29 heavy (non-hydrogen) atoms. The summed E-state index contributed by atoms with van der Waals surface area (Å²) >= 11 is 0. The molecule has 0 saturated carbocycles. The Balaban J connectivity index is 1.68. The van der Waals surface area contributed by atoms with Crippen LogP contribution in [0, 0.1) is 0 Å². The minimum absolute atomic E-state index is 0.187. The van der Waals surface area contributed by atoms with Gasteiger partial charge in [0.25, 0.3) is 5.91 Å². The maximum absolute atomic E-state index is 12.7. The number of hydrogen-bond acceptors (Lipinski definition) is 7. The molecule has 2 heterocycles. The number of likely N-dealkylation sites (N-methyl/N-ethyl adjacent to an activating group) is 1. The summed E-state index contributed by atoms with van der Waals surface area (Å²) in [4.78, 5) is 26.2. The topological polar surface area (TPSA) is 82.6 Å². The van der Waals surface area contributed by atoms with Crippen molar-refractivity contribution in [3.8, 4) is 11.4 Å². The molecule has 0 radical (unpaired) electrons. The van der Waals surface area contributed by atoms with Crippen molar-refractivity contribution in [2.45, 2.75) is 0 Å². The molecule has 1 aliphatic rings. The van der Waals surface area contributed by atoms with Gasteiger partial charge in [-0.2, -0.15) is 0 Å². The Hall–Kier alpha value is -2.55. The second kappa shape index (κ2) is 10.8. The summed E-state index contributed by atoms with van der Waals surface area (Å²) in [6.07, 6.45) is 0. The monoisotopic (exact) mass is 398 g/mol. The van der Waals surface area contributed by atoms with Crippen LogP contribution in [-0.4, -0.2) is 92.3 Å². The molecule has 0 unspecified atom stereocenters. The van der Waals surface area contributed by atoms with Crippen LogP contribution in [0.5, 0.6) is 0 Å². The number of benzene rings is 1. The zero-order valence-electron chi connectivity index (χ0n) is 17.2. The number of morpholine rings is 1. The maximum Gasteiger partial charge on any atom is 0.270 e. The highest BCUT2D eigenvalue weighted by Gasteiger charge is 2.14. The predicted molar refractivity (Wildman–Crippen MR) is 114 cm³/mol. The third kappa shape index (κ3) is 6.77. The van der Waals surface area contributed by atoms with Gasteiger partial charge in [0.05, 0.1) is 13.2 Å². The molecule has 1 amide bonds. The molecule has 1 fully saturated rings. The highest BCUT2D eigenvalue weighted by atomic mass is 16.5. The van der Waals surface area contributed by atoms with Crippen molar-refractivity contribution < 1.29 is 9.53 Å². The van der Waals surface area contributed by atoms with Crippen LogP contribution in [0.4, 0.5) is 5.82 Å². The van der Waals surface area contributed by atoms with Crippen molar-refractivity contribution in [3.63, 3.8) is 0 Å². The number of aromatic nitrogens is 2. The Morgan fingerprint density at radius 2 is 1.90 bits per heavy atom. The number of anilines is 1. The van der Waals surface area contributed by atoms with Crippen LogP contribution in [0.2, 0.25) is 0 Å². The summed E-state index contributed by atoms with van der Waals surface area (Å²) in [6, 6.07) is 11.4. The average Bonchev–Trinajstić information content (AvgIpc) is 2.74. The SMILES string of the molecule is CN(C)CCNc1cc(C(=O)NCCN2CCOCC2)nc(-c2ccccc2)n1. The summed E-state index contributed by atoms with van der Waals surface area (Å²) in [6.45, 7) is 6.29. The molecule has 1 aliphatic heterocycles. The van der Waals surface area contributed by atoms with Crippen molar-refractivity contribution in [1.82, 2.24) is 25.1 Å². The van der Waals surface area contributed by atoms with Gasteiger partial charge in [-0.15, -0.1) is 0 Å². The minimum atomic E-state index is -0.187. The van der Waals surface area contributed by atoms with Gasteiger partial charge in [0.1, 0.15) is 11.5 Å². The number of nitrogens with one attached hydrogen (secondary N) is 2. The molecule has 156 valence electrons. The third-order valence-electron chi connectivity index (χ3n) is 4.67. The van der Waals surface area contributed by atoms with Gasteiger partial charge < -0.3 is 20.3 Å². The summed E-state index contributed by atoms with van der Waals surface area (Å²) in [7, 11) is 4.04. The second-order valence-corrected chi connectivity index (χ2v) is 7.27. The molecule has 1 saturated heterocycles. The first-order valence-corrected chi connectivity index (χ1v) is 10.0. The van der Waals surface area contributed by atoms with Crippen LogP contribution >= 0.6 is 0 Å². The van der Waals surface area contributed by atoms with Gasteiger partial charge in [0, 0.05) is 50.9 Å². The molecule has 1 aromatic carbocycles. The van der Waals surface area contributed by atoms with Crippen LogP contribution < -0.4 is 10.6 Å². The molecule has 8 nitrogen and oxygen atoms in total. The largest absolute Gasteiger partial charge is 0.379 e. The van der Waals surface area contributed by atoms with E-state index in [-0.39, 0.29) is 5.91 Å². The van der Waals surface area contributed by atoms with E-state index in [0.717, 1.165) is 51.5 Å². The van der Waals surface area contributed by atoms with E-state index in [1.807, 2.05) is 44.4 Å². The number of hydrogen-bond donors (Lipinski definition) is 2. The van der Waals surface area contributed by atoms with Gasteiger partial charge in [-0.05, 0) is 14.1 Å². The predicted octanol–water partition coefficient (Wildman–Crippen LogP) is 1.18. The van der Waals surface area contributed by atoms with Gasteiger partial charge in [0.2, 0.25) is 0 Å². The lowest BCUT2D eigenvalue weighted by Gasteiger charge is -2.26. The molecule has 8 heteroatoms. The average molecular weight is 399 g/mol. The first-order chi connectivity index (χ1) is 14.1. The lowest BCUT2D eigenvalue weighted by Crippen LogP contribution is -2.41. The number of nitrogens with zero attached hydrogens (tertiary/aromatic N) is 4. The van der Waals surface area contributed by atoms with E-state index in [1.165, 1.54) is 0 Å². The summed E-state index contributed by atoms with van der Waals surface area (Å²) in [5, 5.41) is 6.27. The smallest absolute Gasteiger partial charge is 0.270 e. The Bertz CT molecular complexity index is 778. The van der Waals surface area contributed by atoms with Crippen molar-refractivity contribution in [3.05, 3.63) is 42.1 Å². The Labute approximate surface area is 172 Å². The van der Waals surface area contributed by atoms with Crippen LogP contribution in [0.1, 0.15) is 10.5 Å². The van der Waals surface area contributed by atoms with E-state index < -0.39 is 0 Å². The molecule has 3 rings (SSSR count). The molecular formula is C21H30N6O2. The summed E-state index contributed by atoms with van der Waals surface area (Å²) in [5.41, 5.74) is 1.25. The van der Waals surface area contributed by atoms with Gasteiger partial charge in [0.15, 0.2) is 5.82 Å². The third-order valence-corrected chi connectivity index (χ3v) is 4.67. The molecule has 0 spiro atoms. The lowest BCUT2D eigenvalue weighted by atomic mass is 10.2. The highest BCUT2D eigenvalue weighted by molar-refractivity contribution is 5.93. The van der Waals surface area contributed by atoms with Crippen molar-refractivity contribution in [2.75, 3.05) is 71.9 Å². The normalized spacial score (nSPS) is 14.7. The van der Waals surface area contributed by atoms with Crippen molar-refractivity contribution in [2.24, 2.45) is 0 Å². The zero-order valence-corrected chi connectivity index (χ0v) is 17.2. The first kappa shape index (κ1) is 21.2. The molecule has 2 N–H and O–H groups in total. The standard InChI is InChI=1S/C21H30N6O2/c1-26(2)10-8-22-19-16-18(24-20(25-19)17-6-4-3-5-7-17)21(28)23-9-11-27-12-14-29-15-13-27/h3-7,16H,8-15H2,1-2H3,(H,23,28)(H,22,24,25). The van der Waals surface area contributed by atoms with Gasteiger partial charge in [-0.1, -0.05) is 30.3 Å². The van der Waals surface area contributed by atoms with Gasteiger partial charge in [-0.25, -0.2) is 9.97 Å². The molecule has 0 atom stereocenters. The van der Waals surface area contributed by atoms with Crippen molar-refractivity contribution >= 4 is 11.7 Å². The fourth-order valence-corrected chi connectivity index (χ4v) is 3.02. The highest BCUT2D eigenvalue weighted by Crippen LogP contribution is 2.17. The minimum Gasteiger partial charge on any atom is -0.379 e. The Morgan fingerprint density at radius 1 is 1.14 bits per heavy atom. The van der Waals surface area contributed by atoms with Gasteiger partial charge in [-0.3, -0.25) is 9.69 Å². The van der Waals surface area contributed by atoms with E-state index in [0.29, 0.717) is 23.9 Å². The number of rotatable bonds is 9. The van der Waals surface area contributed by atoms with Crippen LogP contribution in [0.15, 0.2) is 36.4 Å². The van der Waals surface area contributed by atoms with E-state index in [2.05, 4.69) is 30.4 Å². The molecular weight excluding hydrogens is 368 g/mol. The molecule has 0 bridgehead atoms. The number of carbonyl (C=O) groups is 1. The number of ether oxygens (including phenoxy) is 1. The van der Waals surface area contributed by atoms with Crippen molar-refractivity contribution in [1.29, 1.82) is 0 Å². The lowest BCUT2D eigenvalue weighted by molar-refractivity contribution is 0.0383. The van der Waals surface area contributed by atoms with E-state index in [9.17, 15) is 4.79 Å². The van der Waals surface area contributed by atoms with Gasteiger partial charge >= 0.3 is 0 Å². The van der Waals surface area contributed by atoms with Crippen LogP contribution in [0.25, 0.3) is 11.4 Å². The van der Waals surface area contributed by atoms with E-state index >= 15 is 0 Å². The molecule has 0 aliphatic carbocycles.